The average molecular weight is 230 g/mol. The Bertz CT molecular complexity index is 427. The quantitative estimate of drug-likeness (QED) is 0.809. The first-order chi connectivity index (χ1) is 8.15. The molecule has 3 atom stereocenters. The van der Waals surface area contributed by atoms with Crippen molar-refractivity contribution in [3.05, 3.63) is 29.3 Å². The molecule has 1 saturated carbocycles. The second-order valence-electron chi connectivity index (χ2n) is 5.93. The zero-order valence-corrected chi connectivity index (χ0v) is 10.8. The lowest BCUT2D eigenvalue weighted by molar-refractivity contribution is 0.231. The Balaban J connectivity index is 1.74. The Morgan fingerprint density at radius 1 is 1.41 bits per heavy atom. The number of nitrogens with zero attached hydrogens (tertiary/aromatic N) is 1. The number of nitrogen functional groups attached to an aromatic ring is 1. The van der Waals surface area contributed by atoms with Gasteiger partial charge in [0, 0.05) is 18.3 Å². The van der Waals surface area contributed by atoms with Crippen LogP contribution in [0.1, 0.15) is 36.9 Å². The van der Waals surface area contributed by atoms with Gasteiger partial charge < -0.3 is 5.73 Å². The Morgan fingerprint density at radius 3 is 2.88 bits per heavy atom. The van der Waals surface area contributed by atoms with Gasteiger partial charge in [0.05, 0.1) is 0 Å². The first kappa shape index (κ1) is 11.1. The highest BCUT2D eigenvalue weighted by Gasteiger charge is 2.35. The van der Waals surface area contributed by atoms with Gasteiger partial charge in [-0.3, -0.25) is 4.90 Å². The monoisotopic (exact) mass is 230 g/mol. The van der Waals surface area contributed by atoms with E-state index in [1.807, 2.05) is 6.07 Å². The Morgan fingerprint density at radius 2 is 2.18 bits per heavy atom. The lowest BCUT2D eigenvalue weighted by Crippen LogP contribution is -2.25. The molecule has 0 saturated heterocycles. The van der Waals surface area contributed by atoms with Gasteiger partial charge in [0.1, 0.15) is 0 Å². The summed E-state index contributed by atoms with van der Waals surface area (Å²) in [6.45, 7) is 3.62. The first-order valence-corrected chi connectivity index (χ1v) is 6.73. The van der Waals surface area contributed by atoms with E-state index in [1.54, 1.807) is 0 Å². The molecule has 2 aliphatic rings. The molecule has 1 aromatic rings. The van der Waals surface area contributed by atoms with Crippen molar-refractivity contribution in [1.82, 2.24) is 4.90 Å². The van der Waals surface area contributed by atoms with Crippen LogP contribution in [0, 0.1) is 11.8 Å². The van der Waals surface area contributed by atoms with E-state index in [-0.39, 0.29) is 0 Å². The summed E-state index contributed by atoms with van der Waals surface area (Å²) in [6.07, 6.45) is 3.87. The Labute approximate surface area is 104 Å². The van der Waals surface area contributed by atoms with E-state index >= 15 is 0 Å². The number of hydrogen-bond acceptors (Lipinski definition) is 2. The number of benzene rings is 1. The zero-order valence-electron chi connectivity index (χ0n) is 10.8. The predicted molar refractivity (Wildman–Crippen MR) is 71.8 cm³/mol. The molecule has 3 rings (SSSR count). The van der Waals surface area contributed by atoms with Crippen LogP contribution in [0.3, 0.4) is 0 Å². The fourth-order valence-electron chi connectivity index (χ4n) is 3.22. The van der Waals surface area contributed by atoms with Gasteiger partial charge in [0.2, 0.25) is 0 Å². The molecule has 0 spiro atoms. The molecule has 2 N–H and O–H groups in total. The standard InChI is InChI=1S/C15H22N2/c1-10-7-12(10)9-17(2)15-6-3-11-8-13(16)4-5-14(11)15/h4-5,8,10,12,15H,3,6-7,9,16H2,1-2H3. The van der Waals surface area contributed by atoms with Crippen LogP contribution in [0.5, 0.6) is 0 Å². The van der Waals surface area contributed by atoms with Gasteiger partial charge in [-0.05, 0) is 61.4 Å². The summed E-state index contributed by atoms with van der Waals surface area (Å²) in [4.78, 5) is 2.55. The fraction of sp³-hybridized carbons (Fsp3) is 0.600. The number of aryl methyl sites for hydroxylation is 1. The second kappa shape index (κ2) is 4.02. The normalized spacial score (nSPS) is 30.6. The number of nitrogens with two attached hydrogens (primary N) is 1. The third-order valence-corrected chi connectivity index (χ3v) is 4.54. The summed E-state index contributed by atoms with van der Waals surface area (Å²) in [7, 11) is 2.28. The maximum Gasteiger partial charge on any atom is 0.0351 e. The van der Waals surface area contributed by atoms with Crippen LogP contribution < -0.4 is 5.73 Å². The van der Waals surface area contributed by atoms with Crippen molar-refractivity contribution in [2.24, 2.45) is 11.8 Å². The van der Waals surface area contributed by atoms with Crippen molar-refractivity contribution in [3.63, 3.8) is 0 Å². The molecular formula is C15H22N2. The molecule has 0 aliphatic heterocycles. The minimum atomic E-state index is 0.624. The summed E-state index contributed by atoms with van der Waals surface area (Å²) in [5.41, 5.74) is 9.73. The van der Waals surface area contributed by atoms with Gasteiger partial charge >= 0.3 is 0 Å². The van der Waals surface area contributed by atoms with Crippen LogP contribution in [-0.2, 0) is 6.42 Å². The minimum absolute atomic E-state index is 0.624. The number of anilines is 1. The molecule has 0 bridgehead atoms. The lowest BCUT2D eigenvalue weighted by atomic mass is 10.1. The lowest BCUT2D eigenvalue weighted by Gasteiger charge is -2.25. The molecule has 0 aromatic heterocycles. The summed E-state index contributed by atoms with van der Waals surface area (Å²) in [6, 6.07) is 7.06. The molecule has 0 amide bonds. The maximum atomic E-state index is 5.85. The van der Waals surface area contributed by atoms with E-state index in [0.717, 1.165) is 17.5 Å². The molecule has 2 heteroatoms. The van der Waals surface area contributed by atoms with Gasteiger partial charge in [-0.25, -0.2) is 0 Å². The topological polar surface area (TPSA) is 29.3 Å². The van der Waals surface area contributed by atoms with Gasteiger partial charge in [-0.2, -0.15) is 0 Å². The SMILES string of the molecule is CC1CC1CN(C)C1CCc2cc(N)ccc21. The maximum absolute atomic E-state index is 5.85. The molecule has 2 aliphatic carbocycles. The minimum Gasteiger partial charge on any atom is -0.399 e. The van der Waals surface area contributed by atoms with Crippen LogP contribution in [-0.4, -0.2) is 18.5 Å². The van der Waals surface area contributed by atoms with E-state index < -0.39 is 0 Å². The van der Waals surface area contributed by atoms with Crippen molar-refractivity contribution in [3.8, 4) is 0 Å². The van der Waals surface area contributed by atoms with Gasteiger partial charge in [0.15, 0.2) is 0 Å². The van der Waals surface area contributed by atoms with E-state index in [0.29, 0.717) is 6.04 Å². The molecule has 0 radical (unpaired) electrons. The highest BCUT2D eigenvalue weighted by Crippen LogP contribution is 2.42. The highest BCUT2D eigenvalue weighted by molar-refractivity contribution is 5.47. The van der Waals surface area contributed by atoms with E-state index in [2.05, 4.69) is 31.0 Å². The molecule has 3 unspecified atom stereocenters. The van der Waals surface area contributed by atoms with Crippen molar-refractivity contribution >= 4 is 5.69 Å². The van der Waals surface area contributed by atoms with Crippen molar-refractivity contribution in [1.29, 1.82) is 0 Å². The summed E-state index contributed by atoms with van der Waals surface area (Å²) in [5, 5.41) is 0. The fourth-order valence-corrected chi connectivity index (χ4v) is 3.22. The van der Waals surface area contributed by atoms with Crippen LogP contribution >= 0.6 is 0 Å². The van der Waals surface area contributed by atoms with Gasteiger partial charge in [0.25, 0.3) is 0 Å². The number of rotatable bonds is 3. The third-order valence-electron chi connectivity index (χ3n) is 4.54. The second-order valence-corrected chi connectivity index (χ2v) is 5.93. The first-order valence-electron chi connectivity index (χ1n) is 6.73. The van der Waals surface area contributed by atoms with E-state index in [9.17, 15) is 0 Å². The Hall–Kier alpha value is -1.02. The number of fused-ring (bicyclic) bond motifs is 1. The highest BCUT2D eigenvalue weighted by atomic mass is 15.1. The average Bonchev–Trinajstić information content (AvgIpc) is 2.82. The number of hydrogen-bond donors (Lipinski definition) is 1. The molecule has 1 fully saturated rings. The smallest absolute Gasteiger partial charge is 0.0351 e. The third kappa shape index (κ3) is 2.06. The summed E-state index contributed by atoms with van der Waals surface area (Å²) in [5.74, 6) is 1.89. The van der Waals surface area contributed by atoms with E-state index in [4.69, 9.17) is 5.73 Å². The van der Waals surface area contributed by atoms with Crippen LogP contribution in [0.25, 0.3) is 0 Å². The van der Waals surface area contributed by atoms with E-state index in [1.165, 1.54) is 36.9 Å². The molecule has 0 heterocycles. The largest absolute Gasteiger partial charge is 0.399 e. The van der Waals surface area contributed by atoms with Crippen molar-refractivity contribution < 1.29 is 0 Å². The van der Waals surface area contributed by atoms with Gasteiger partial charge in [-0.1, -0.05) is 13.0 Å². The van der Waals surface area contributed by atoms with Crippen molar-refractivity contribution in [2.45, 2.75) is 32.2 Å². The van der Waals surface area contributed by atoms with Gasteiger partial charge in [-0.15, -0.1) is 0 Å². The van der Waals surface area contributed by atoms with Crippen molar-refractivity contribution in [2.75, 3.05) is 19.3 Å². The molecule has 2 nitrogen and oxygen atoms in total. The Kier molecular flexibility index (Phi) is 2.62. The molecular weight excluding hydrogens is 208 g/mol. The molecule has 1 aromatic carbocycles. The predicted octanol–water partition coefficient (Wildman–Crippen LogP) is 2.84. The summed E-state index contributed by atoms with van der Waals surface area (Å²) < 4.78 is 0. The molecule has 17 heavy (non-hydrogen) atoms. The van der Waals surface area contributed by atoms with Crippen LogP contribution in [0.2, 0.25) is 0 Å². The summed E-state index contributed by atoms with van der Waals surface area (Å²) >= 11 is 0. The molecule has 92 valence electrons. The van der Waals surface area contributed by atoms with Crippen LogP contribution in [0.4, 0.5) is 5.69 Å². The van der Waals surface area contributed by atoms with Crippen LogP contribution in [0.15, 0.2) is 18.2 Å². The zero-order chi connectivity index (χ0) is 12.0.